The van der Waals surface area contributed by atoms with Gasteiger partial charge < -0.3 is 5.32 Å². The summed E-state index contributed by atoms with van der Waals surface area (Å²) >= 11 is 5.67. The van der Waals surface area contributed by atoms with Gasteiger partial charge in [-0.2, -0.15) is 0 Å². The first-order chi connectivity index (χ1) is 10.4. The molecule has 3 heterocycles. The Labute approximate surface area is 137 Å². The average molecular weight is 332 g/mol. The van der Waals surface area contributed by atoms with Crippen LogP contribution in [-0.2, 0) is 25.9 Å². The summed E-state index contributed by atoms with van der Waals surface area (Å²) < 4.78 is 0. The van der Waals surface area contributed by atoms with Crippen LogP contribution in [0.5, 0.6) is 0 Å². The van der Waals surface area contributed by atoms with Crippen LogP contribution in [0, 0.1) is 0 Å². The summed E-state index contributed by atoms with van der Waals surface area (Å²) in [5, 5.41) is 8.00. The summed E-state index contributed by atoms with van der Waals surface area (Å²) in [5.41, 5.74) is 2.97. The molecule has 4 rings (SSSR count). The van der Waals surface area contributed by atoms with Crippen molar-refractivity contribution in [3.05, 3.63) is 55.2 Å². The van der Waals surface area contributed by atoms with Crippen LogP contribution >= 0.6 is 34.0 Å². The number of hydrogen-bond donors (Lipinski definition) is 1. The Bertz CT molecular complexity index is 700. The minimum absolute atomic E-state index is 0.971. The van der Waals surface area contributed by atoms with Gasteiger partial charge in [-0.3, -0.25) is 0 Å². The van der Waals surface area contributed by atoms with Gasteiger partial charge in [0.25, 0.3) is 0 Å². The van der Waals surface area contributed by atoms with Gasteiger partial charge in [-0.1, -0.05) is 6.07 Å². The fourth-order valence-electron chi connectivity index (χ4n) is 2.83. The Morgan fingerprint density at radius 2 is 2.00 bits per heavy atom. The van der Waals surface area contributed by atoms with Crippen LogP contribution in [0.15, 0.2) is 35.0 Å². The Hall–Kier alpha value is -0.940. The van der Waals surface area contributed by atoms with Gasteiger partial charge in [0.15, 0.2) is 0 Å². The summed E-state index contributed by atoms with van der Waals surface area (Å²) in [5.74, 6) is 0. The topological polar surface area (TPSA) is 12.0 Å². The monoisotopic (exact) mass is 331 g/mol. The molecule has 0 atom stereocenters. The molecule has 0 saturated carbocycles. The van der Waals surface area contributed by atoms with E-state index in [1.165, 1.54) is 39.5 Å². The molecule has 3 aromatic heterocycles. The smallest absolute Gasteiger partial charge is 0.0351 e. The first-order valence-corrected chi connectivity index (χ1v) is 9.88. The molecule has 108 valence electrons. The molecular formula is C17H17NS3. The zero-order valence-corrected chi connectivity index (χ0v) is 14.2. The summed E-state index contributed by atoms with van der Waals surface area (Å²) in [6, 6.07) is 9.03. The van der Waals surface area contributed by atoms with E-state index >= 15 is 0 Å². The van der Waals surface area contributed by atoms with Gasteiger partial charge in [-0.25, -0.2) is 0 Å². The summed E-state index contributed by atoms with van der Waals surface area (Å²) in [6.45, 7) is 1.97. The highest BCUT2D eigenvalue weighted by molar-refractivity contribution is 7.14. The average Bonchev–Trinajstić information content (AvgIpc) is 3.23. The fourth-order valence-corrected chi connectivity index (χ4v) is 5.71. The standard InChI is InChI=1S/C17H17NS3/c1-3-12-7-15(21-17(12)4-1)10-18-9-14-8-13(11-20-14)16-5-2-6-19-16/h2,5-8,11,18H,1,3-4,9-10H2. The molecule has 0 aliphatic heterocycles. The largest absolute Gasteiger partial charge is 0.307 e. The van der Waals surface area contributed by atoms with Crippen molar-refractivity contribution in [1.82, 2.24) is 5.32 Å². The first kappa shape index (κ1) is 13.7. The van der Waals surface area contributed by atoms with E-state index in [4.69, 9.17) is 0 Å². The maximum absolute atomic E-state index is 3.59. The Morgan fingerprint density at radius 1 is 1.05 bits per heavy atom. The number of aryl methyl sites for hydroxylation is 2. The molecule has 1 aliphatic carbocycles. The molecular weight excluding hydrogens is 314 g/mol. The van der Waals surface area contributed by atoms with E-state index in [1.54, 1.807) is 10.4 Å². The van der Waals surface area contributed by atoms with E-state index in [0.29, 0.717) is 0 Å². The molecule has 0 bridgehead atoms. The number of fused-ring (bicyclic) bond motifs is 1. The maximum atomic E-state index is 3.59. The molecule has 0 unspecified atom stereocenters. The first-order valence-electron chi connectivity index (χ1n) is 7.31. The SMILES string of the molecule is c1csc(-c2csc(CNCc3cc4c(s3)CCC4)c2)c1. The van der Waals surface area contributed by atoms with Gasteiger partial charge in [-0.05, 0) is 53.8 Å². The fraction of sp³-hybridized carbons (Fsp3) is 0.294. The molecule has 1 nitrogen and oxygen atoms in total. The third kappa shape index (κ3) is 2.99. The summed E-state index contributed by atoms with van der Waals surface area (Å²) in [6.07, 6.45) is 3.95. The highest BCUT2D eigenvalue weighted by Gasteiger charge is 2.14. The van der Waals surface area contributed by atoms with Gasteiger partial charge in [0.2, 0.25) is 0 Å². The third-order valence-corrected chi connectivity index (χ3v) is 6.95. The lowest BCUT2D eigenvalue weighted by molar-refractivity contribution is 0.708. The van der Waals surface area contributed by atoms with Gasteiger partial charge in [-0.15, -0.1) is 34.0 Å². The number of thiophene rings is 3. The van der Waals surface area contributed by atoms with Gasteiger partial charge in [0, 0.05) is 38.2 Å². The Morgan fingerprint density at radius 3 is 2.86 bits per heavy atom. The molecule has 4 heteroatoms. The van der Waals surface area contributed by atoms with Crippen molar-refractivity contribution in [3.8, 4) is 10.4 Å². The molecule has 1 aliphatic rings. The van der Waals surface area contributed by atoms with Crippen molar-refractivity contribution in [2.75, 3.05) is 0 Å². The Balaban J connectivity index is 1.34. The van der Waals surface area contributed by atoms with Crippen molar-refractivity contribution in [2.45, 2.75) is 32.4 Å². The molecule has 21 heavy (non-hydrogen) atoms. The number of nitrogens with one attached hydrogen (secondary N) is 1. The van der Waals surface area contributed by atoms with E-state index in [-0.39, 0.29) is 0 Å². The summed E-state index contributed by atoms with van der Waals surface area (Å²) in [4.78, 5) is 5.91. The predicted octanol–water partition coefficient (Wildman–Crippen LogP) is 5.32. The molecule has 0 saturated heterocycles. The van der Waals surface area contributed by atoms with Gasteiger partial charge >= 0.3 is 0 Å². The second-order valence-corrected chi connectivity index (χ2v) is 8.56. The van der Waals surface area contributed by atoms with E-state index < -0.39 is 0 Å². The third-order valence-electron chi connectivity index (χ3n) is 3.86. The molecule has 0 fully saturated rings. The molecule has 1 N–H and O–H groups in total. The lowest BCUT2D eigenvalue weighted by atomic mass is 10.2. The van der Waals surface area contributed by atoms with E-state index in [1.807, 2.05) is 34.0 Å². The minimum Gasteiger partial charge on any atom is -0.307 e. The Kier molecular flexibility index (Phi) is 3.95. The van der Waals surface area contributed by atoms with Crippen LogP contribution in [-0.4, -0.2) is 0 Å². The number of hydrogen-bond acceptors (Lipinski definition) is 4. The number of rotatable bonds is 5. The normalized spacial score (nSPS) is 13.7. The van der Waals surface area contributed by atoms with Gasteiger partial charge in [0.1, 0.15) is 0 Å². The van der Waals surface area contributed by atoms with Crippen molar-refractivity contribution < 1.29 is 0 Å². The lowest BCUT2D eigenvalue weighted by Gasteiger charge is -2.00. The van der Waals surface area contributed by atoms with Crippen molar-refractivity contribution >= 4 is 34.0 Å². The zero-order valence-electron chi connectivity index (χ0n) is 11.7. The lowest BCUT2D eigenvalue weighted by Crippen LogP contribution is -2.10. The van der Waals surface area contributed by atoms with Crippen LogP contribution in [0.4, 0.5) is 0 Å². The van der Waals surface area contributed by atoms with Crippen LogP contribution in [0.1, 0.15) is 26.6 Å². The summed E-state index contributed by atoms with van der Waals surface area (Å²) in [7, 11) is 0. The molecule has 3 aromatic rings. The maximum Gasteiger partial charge on any atom is 0.0351 e. The highest BCUT2D eigenvalue weighted by atomic mass is 32.1. The second kappa shape index (κ2) is 6.05. The minimum atomic E-state index is 0.971. The molecule has 0 radical (unpaired) electrons. The van der Waals surface area contributed by atoms with Crippen molar-refractivity contribution in [2.24, 2.45) is 0 Å². The quantitative estimate of drug-likeness (QED) is 0.667. The highest BCUT2D eigenvalue weighted by Crippen LogP contribution is 2.31. The van der Waals surface area contributed by atoms with Crippen molar-refractivity contribution in [3.63, 3.8) is 0 Å². The van der Waals surface area contributed by atoms with Crippen LogP contribution in [0.3, 0.4) is 0 Å². The van der Waals surface area contributed by atoms with E-state index in [0.717, 1.165) is 13.1 Å². The van der Waals surface area contributed by atoms with Crippen molar-refractivity contribution in [1.29, 1.82) is 0 Å². The molecule has 0 amide bonds. The second-order valence-electron chi connectivity index (χ2n) is 5.40. The van der Waals surface area contributed by atoms with E-state index in [2.05, 4.69) is 40.3 Å². The molecule has 0 spiro atoms. The van der Waals surface area contributed by atoms with Crippen LogP contribution in [0.25, 0.3) is 10.4 Å². The van der Waals surface area contributed by atoms with Crippen LogP contribution < -0.4 is 5.32 Å². The van der Waals surface area contributed by atoms with E-state index in [9.17, 15) is 0 Å². The zero-order chi connectivity index (χ0) is 14.1. The van der Waals surface area contributed by atoms with Crippen LogP contribution in [0.2, 0.25) is 0 Å². The van der Waals surface area contributed by atoms with Gasteiger partial charge in [0.05, 0.1) is 0 Å². The predicted molar refractivity (Wildman–Crippen MR) is 94.5 cm³/mol. The molecule has 0 aromatic carbocycles.